The molecule has 3 N–H and O–H groups in total. The van der Waals surface area contributed by atoms with E-state index in [1.807, 2.05) is 0 Å². The summed E-state index contributed by atoms with van der Waals surface area (Å²) in [4.78, 5) is 8.36. The molecule has 0 bridgehead atoms. The van der Waals surface area contributed by atoms with Crippen molar-refractivity contribution in [2.75, 3.05) is 0 Å². The number of nitrogens with zero attached hydrogens (tertiary/aromatic N) is 1. The van der Waals surface area contributed by atoms with Gasteiger partial charge in [0.25, 0.3) is 5.09 Å². The van der Waals surface area contributed by atoms with Crippen LogP contribution in [0, 0.1) is 10.1 Å². The van der Waals surface area contributed by atoms with Crippen LogP contribution in [0.2, 0.25) is 0 Å². The Kier molecular flexibility index (Phi) is 24.4. The van der Waals surface area contributed by atoms with Crippen LogP contribution in [-0.4, -0.2) is 27.8 Å². The van der Waals surface area contributed by atoms with Crippen molar-refractivity contribution in [3.8, 4) is 0 Å². The Morgan fingerprint density at radius 3 is 1.36 bits per heavy atom. The summed E-state index contributed by atoms with van der Waals surface area (Å²) in [7, 11) is -4.67. The third-order valence-corrected chi connectivity index (χ3v) is 0. The normalized spacial score (nSPS) is 7.45. The summed E-state index contributed by atoms with van der Waals surface area (Å²) in [5, 5.41) is 13.6. The van der Waals surface area contributed by atoms with Crippen molar-refractivity contribution in [2.24, 2.45) is 0 Å². The second-order valence-corrected chi connectivity index (χ2v) is 1.58. The molecule has 0 unspecified atom stereocenters. The maximum atomic E-state index is 8.74. The summed E-state index contributed by atoms with van der Waals surface area (Å²) in [6.07, 6.45) is 0. The molecule has 11 heavy (non-hydrogen) atoms. The van der Waals surface area contributed by atoms with Crippen LogP contribution >= 0.6 is 0 Å². The number of hydrogen-bond acceptors (Lipinski definition) is 4. The van der Waals surface area contributed by atoms with E-state index in [0.29, 0.717) is 0 Å². The van der Waals surface area contributed by atoms with Crippen LogP contribution in [0.1, 0.15) is 2.85 Å². The van der Waals surface area contributed by atoms with Crippen LogP contribution in [0.3, 0.4) is 0 Å². The van der Waals surface area contributed by atoms with E-state index < -0.39 is 15.5 Å². The summed E-state index contributed by atoms with van der Waals surface area (Å²) in [6.45, 7) is 0. The van der Waals surface area contributed by atoms with E-state index in [1.165, 1.54) is 0 Å². The van der Waals surface area contributed by atoms with E-state index in [-0.39, 0.29) is 83.8 Å². The van der Waals surface area contributed by atoms with E-state index in [4.69, 9.17) is 32.8 Å². The smallest absolute Gasteiger partial charge is 1.00 e. The average molecular weight is 225 g/mol. The predicted molar refractivity (Wildman–Crippen MR) is 25.2 cm³/mol. The zero-order valence-electron chi connectivity index (χ0n) is 7.83. The average Bonchev–Trinajstić information content (AvgIpc) is 1.19. The molecular formula is H5KNNaO7S. The molecule has 0 fully saturated rings. The molecule has 0 atom stereocenters. The molecule has 0 rings (SSSR count). The maximum Gasteiger partial charge on any atom is 1.00 e. The Labute approximate surface area is 130 Å². The summed E-state index contributed by atoms with van der Waals surface area (Å²) in [5.74, 6) is 0. The quantitative estimate of drug-likeness (QED) is 0.161. The van der Waals surface area contributed by atoms with Crippen molar-refractivity contribution in [1.82, 2.24) is 0 Å². The van der Waals surface area contributed by atoms with Gasteiger partial charge < -0.3 is 8.06 Å². The van der Waals surface area contributed by atoms with Gasteiger partial charge in [-0.25, -0.2) is 0 Å². The molecule has 0 radical (unpaired) electrons. The molecule has 0 aliphatic rings. The van der Waals surface area contributed by atoms with Gasteiger partial charge in [-0.1, -0.05) is 0 Å². The van der Waals surface area contributed by atoms with E-state index in [1.54, 1.807) is 0 Å². The van der Waals surface area contributed by atoms with Gasteiger partial charge in [0, 0.05) is 0 Å². The van der Waals surface area contributed by atoms with E-state index in [0.717, 1.165) is 0 Å². The first-order chi connectivity index (χ1) is 3.73. The minimum atomic E-state index is -4.67. The van der Waals surface area contributed by atoms with Gasteiger partial charge in [0.2, 0.25) is 0 Å². The van der Waals surface area contributed by atoms with E-state index in [9.17, 15) is 0 Å². The van der Waals surface area contributed by atoms with Crippen LogP contribution < -0.4 is 80.9 Å². The molecule has 0 saturated heterocycles. The Bertz CT molecular complexity index is 169. The molecule has 8 nitrogen and oxygen atoms in total. The second kappa shape index (κ2) is 11.7. The first-order valence-corrected chi connectivity index (χ1v) is 2.66. The molecular weight excluding hydrogens is 220 g/mol. The number of hydrogen-bond donors (Lipinski definition) is 3. The van der Waals surface area contributed by atoms with Gasteiger partial charge in [0.05, 0.1) is 0 Å². The molecule has 0 spiro atoms. The van der Waals surface area contributed by atoms with Crippen molar-refractivity contribution in [2.45, 2.75) is 0 Å². The molecule has 0 heterocycles. The summed E-state index contributed by atoms with van der Waals surface area (Å²) >= 11 is 0. The summed E-state index contributed by atoms with van der Waals surface area (Å²) in [6, 6.07) is 0. The fourth-order valence-electron chi connectivity index (χ4n) is 0. The Hall–Kier alpha value is 1.71. The predicted octanol–water partition coefficient (Wildman–Crippen LogP) is -6.77. The summed E-state index contributed by atoms with van der Waals surface area (Å²) in [5.41, 5.74) is 0. The van der Waals surface area contributed by atoms with Gasteiger partial charge in [-0.05, 0) is 0 Å². The zero-order valence-corrected chi connectivity index (χ0v) is 11.8. The maximum absolute atomic E-state index is 8.74. The van der Waals surface area contributed by atoms with E-state index in [2.05, 4.69) is 0 Å². The van der Waals surface area contributed by atoms with Crippen LogP contribution in [0.15, 0.2) is 0 Å². The van der Waals surface area contributed by atoms with Gasteiger partial charge in [-0.2, -0.15) is 8.42 Å². The molecule has 0 aromatic heterocycles. The van der Waals surface area contributed by atoms with Crippen LogP contribution in [0.5, 0.6) is 0 Å². The molecule has 0 aliphatic carbocycles. The van der Waals surface area contributed by atoms with Crippen molar-refractivity contribution >= 4 is 10.4 Å². The van der Waals surface area contributed by atoms with Crippen molar-refractivity contribution in [1.29, 1.82) is 0 Å². The third kappa shape index (κ3) is 379. The topological polar surface area (TPSA) is 138 Å². The van der Waals surface area contributed by atoms with Gasteiger partial charge in [-0.3, -0.25) is 9.11 Å². The molecule has 60 valence electrons. The Balaban J connectivity index is -0.0000000146. The number of rotatable bonds is 0. The van der Waals surface area contributed by atoms with Gasteiger partial charge in [0.1, 0.15) is 0 Å². The van der Waals surface area contributed by atoms with Crippen LogP contribution in [-0.2, 0) is 10.4 Å². The van der Waals surface area contributed by atoms with Gasteiger partial charge >= 0.3 is 91.3 Å². The van der Waals surface area contributed by atoms with Crippen molar-refractivity contribution in [3.63, 3.8) is 0 Å². The first kappa shape index (κ1) is 23.0. The Morgan fingerprint density at radius 2 is 1.36 bits per heavy atom. The molecule has 0 aliphatic heterocycles. The minimum Gasteiger partial charge on any atom is -1.00 e. The molecule has 0 saturated carbocycles. The van der Waals surface area contributed by atoms with E-state index >= 15 is 0 Å². The summed E-state index contributed by atoms with van der Waals surface area (Å²) < 4.78 is 31.6. The SMILES string of the molecule is O=S(=O)(O)O.O=[N+]([O-])O.[H-].[H-].[K+].[Na+]. The minimum absolute atomic E-state index is 0. The van der Waals surface area contributed by atoms with Gasteiger partial charge in [-0.15, -0.1) is 10.1 Å². The second-order valence-electron chi connectivity index (χ2n) is 0.686. The molecule has 0 aromatic carbocycles. The fourth-order valence-corrected chi connectivity index (χ4v) is 0. The Morgan fingerprint density at radius 1 is 1.36 bits per heavy atom. The molecule has 11 heteroatoms. The monoisotopic (exact) mass is 225 g/mol. The first-order valence-electron chi connectivity index (χ1n) is 1.26. The van der Waals surface area contributed by atoms with Crippen molar-refractivity contribution < 1.29 is 112 Å². The standard InChI is InChI=1S/K.HNO3.Na.H2O4S.2H/c;2-1(3)4;;1-5(2,3)4;;/h;(H,2,3,4);;(H2,1,2,3,4);;/q+1;;+1;;2*-1. The molecule has 0 amide bonds. The van der Waals surface area contributed by atoms with Crippen LogP contribution in [0.25, 0.3) is 0 Å². The fraction of sp³-hybridized carbons (Fsp3) is 0. The van der Waals surface area contributed by atoms with Gasteiger partial charge in [0.15, 0.2) is 0 Å². The third-order valence-electron chi connectivity index (χ3n) is 0. The van der Waals surface area contributed by atoms with Crippen molar-refractivity contribution in [3.05, 3.63) is 10.1 Å². The van der Waals surface area contributed by atoms with Crippen LogP contribution in [0.4, 0.5) is 0 Å². The molecule has 0 aromatic rings. The zero-order chi connectivity index (χ0) is 8.08. The largest absolute Gasteiger partial charge is 1.00 e.